The van der Waals surface area contributed by atoms with Crippen molar-refractivity contribution in [1.29, 1.82) is 0 Å². The molecule has 2 aromatic carbocycles. The fraction of sp³-hybridized carbons (Fsp3) is 0.391. The van der Waals surface area contributed by atoms with Gasteiger partial charge in [0.15, 0.2) is 0 Å². The number of ether oxygens (including phenoxy) is 1. The van der Waals surface area contributed by atoms with Gasteiger partial charge in [0.05, 0.1) is 11.5 Å². The molecule has 9 nitrogen and oxygen atoms in total. The van der Waals surface area contributed by atoms with Crippen LogP contribution in [0.25, 0.3) is 0 Å². The molecule has 2 N–H and O–H groups in total. The number of nitro groups is 1. The smallest absolute Gasteiger partial charge is 0.313 e. The van der Waals surface area contributed by atoms with E-state index in [1.807, 2.05) is 6.92 Å². The number of likely N-dealkylation sites (tertiary alicyclic amines) is 1. The lowest BCUT2D eigenvalue weighted by Gasteiger charge is -2.31. The van der Waals surface area contributed by atoms with Crippen LogP contribution in [-0.4, -0.2) is 53.9 Å². The van der Waals surface area contributed by atoms with Gasteiger partial charge < -0.3 is 15.4 Å². The van der Waals surface area contributed by atoms with E-state index in [0.29, 0.717) is 24.4 Å². The Morgan fingerprint density at radius 1 is 1.18 bits per heavy atom. The number of piperidine rings is 1. The van der Waals surface area contributed by atoms with Gasteiger partial charge in [0.25, 0.3) is 5.91 Å². The molecule has 0 aromatic heterocycles. The van der Waals surface area contributed by atoms with Gasteiger partial charge in [-0.1, -0.05) is 18.5 Å². The number of nitrogens with zero attached hydrogens (tertiary/aromatic N) is 2. The molecule has 0 aliphatic carbocycles. The second-order valence-electron chi connectivity index (χ2n) is 7.87. The van der Waals surface area contributed by atoms with Gasteiger partial charge in [0.1, 0.15) is 5.75 Å². The number of nitro benzene ring substituents is 1. The van der Waals surface area contributed by atoms with Crippen LogP contribution in [0, 0.1) is 10.1 Å². The standard InChI is InChI=1S/C23H27ClN4O5/c1-2-11-25-22(29)15-27-12-9-18(10-13-27)26-23(30)16-3-6-19(7-4-16)33-21-8-5-17(24)14-20(21)28(31)32/h3-8,14,18H,2,9-13,15H2,1H3,(H,25,29)(H,26,30). The first kappa shape index (κ1) is 24.5. The van der Waals surface area contributed by atoms with Gasteiger partial charge in [0.2, 0.25) is 11.7 Å². The minimum absolute atomic E-state index is 0.0329. The number of halogens is 1. The van der Waals surface area contributed by atoms with Gasteiger partial charge in [0, 0.05) is 42.3 Å². The van der Waals surface area contributed by atoms with E-state index in [4.69, 9.17) is 16.3 Å². The largest absolute Gasteiger partial charge is 0.450 e. The van der Waals surface area contributed by atoms with Crippen LogP contribution in [0.5, 0.6) is 11.5 Å². The van der Waals surface area contributed by atoms with Crippen molar-refractivity contribution in [3.05, 3.63) is 63.2 Å². The maximum Gasteiger partial charge on any atom is 0.313 e. The summed E-state index contributed by atoms with van der Waals surface area (Å²) < 4.78 is 5.61. The summed E-state index contributed by atoms with van der Waals surface area (Å²) in [5, 5.41) is 17.4. The summed E-state index contributed by atoms with van der Waals surface area (Å²) in [6.07, 6.45) is 2.45. The first-order chi connectivity index (χ1) is 15.9. The van der Waals surface area contributed by atoms with Crippen LogP contribution in [0.1, 0.15) is 36.5 Å². The molecule has 1 aliphatic heterocycles. The molecule has 0 bridgehead atoms. The maximum absolute atomic E-state index is 12.6. The maximum atomic E-state index is 12.6. The second kappa shape index (κ2) is 11.6. The molecule has 2 aromatic rings. The molecule has 0 unspecified atom stereocenters. The highest BCUT2D eigenvalue weighted by Gasteiger charge is 2.22. The molecule has 3 rings (SSSR count). The van der Waals surface area contributed by atoms with Gasteiger partial charge in [-0.2, -0.15) is 0 Å². The number of amides is 2. The number of carbonyl (C=O) groups is 2. The predicted molar refractivity (Wildman–Crippen MR) is 125 cm³/mol. The Hall–Kier alpha value is -3.17. The average molecular weight is 475 g/mol. The van der Waals surface area contributed by atoms with E-state index in [1.165, 1.54) is 18.2 Å². The molecular weight excluding hydrogens is 448 g/mol. The molecule has 0 saturated carbocycles. The normalized spacial score (nSPS) is 14.5. The van der Waals surface area contributed by atoms with E-state index in [2.05, 4.69) is 15.5 Å². The molecule has 0 atom stereocenters. The molecule has 1 heterocycles. The molecular formula is C23H27ClN4O5. The molecule has 10 heteroatoms. The highest BCUT2D eigenvalue weighted by Crippen LogP contribution is 2.33. The molecule has 2 amide bonds. The fourth-order valence-electron chi connectivity index (χ4n) is 3.55. The van der Waals surface area contributed by atoms with Gasteiger partial charge >= 0.3 is 5.69 Å². The minimum Gasteiger partial charge on any atom is -0.450 e. The number of hydrogen-bond acceptors (Lipinski definition) is 6. The first-order valence-electron chi connectivity index (χ1n) is 10.9. The Labute approximate surface area is 197 Å². The van der Waals surface area contributed by atoms with Crippen LogP contribution in [0.4, 0.5) is 5.69 Å². The highest BCUT2D eigenvalue weighted by atomic mass is 35.5. The molecule has 1 fully saturated rings. The number of benzene rings is 2. The molecule has 33 heavy (non-hydrogen) atoms. The van der Waals surface area contributed by atoms with E-state index in [9.17, 15) is 19.7 Å². The summed E-state index contributed by atoms with van der Waals surface area (Å²) in [6, 6.07) is 10.6. The summed E-state index contributed by atoms with van der Waals surface area (Å²) in [5.74, 6) is 0.270. The number of hydrogen-bond donors (Lipinski definition) is 2. The van der Waals surface area contributed by atoms with Crippen LogP contribution in [0.2, 0.25) is 5.02 Å². The lowest BCUT2D eigenvalue weighted by Crippen LogP contribution is -2.47. The van der Waals surface area contributed by atoms with Crippen LogP contribution in [0.3, 0.4) is 0 Å². The van der Waals surface area contributed by atoms with E-state index >= 15 is 0 Å². The van der Waals surface area contributed by atoms with E-state index < -0.39 is 4.92 Å². The zero-order chi connectivity index (χ0) is 23.8. The quantitative estimate of drug-likeness (QED) is 0.422. The Kier molecular flexibility index (Phi) is 8.62. The zero-order valence-corrected chi connectivity index (χ0v) is 19.1. The van der Waals surface area contributed by atoms with Gasteiger partial charge in [-0.25, -0.2) is 0 Å². The highest BCUT2D eigenvalue weighted by molar-refractivity contribution is 6.30. The van der Waals surface area contributed by atoms with Crippen LogP contribution >= 0.6 is 11.6 Å². The van der Waals surface area contributed by atoms with Crippen molar-refractivity contribution in [2.45, 2.75) is 32.2 Å². The summed E-state index contributed by atoms with van der Waals surface area (Å²) in [7, 11) is 0. The van der Waals surface area contributed by atoms with E-state index in [-0.39, 0.29) is 34.3 Å². The van der Waals surface area contributed by atoms with Crippen LogP contribution in [-0.2, 0) is 4.79 Å². The molecule has 176 valence electrons. The van der Waals surface area contributed by atoms with Crippen molar-refractivity contribution >= 4 is 29.1 Å². The van der Waals surface area contributed by atoms with Gasteiger partial charge in [-0.05, 0) is 55.7 Å². The number of carbonyl (C=O) groups excluding carboxylic acids is 2. The second-order valence-corrected chi connectivity index (χ2v) is 8.31. The van der Waals surface area contributed by atoms with Crippen LogP contribution < -0.4 is 15.4 Å². The van der Waals surface area contributed by atoms with Crippen LogP contribution in [0.15, 0.2) is 42.5 Å². The van der Waals surface area contributed by atoms with Gasteiger partial charge in [-0.3, -0.25) is 24.6 Å². The van der Waals surface area contributed by atoms with E-state index in [1.54, 1.807) is 24.3 Å². The van der Waals surface area contributed by atoms with E-state index in [0.717, 1.165) is 32.4 Å². The van der Waals surface area contributed by atoms with Crippen molar-refractivity contribution in [2.75, 3.05) is 26.2 Å². The minimum atomic E-state index is -0.564. The Bertz CT molecular complexity index is 991. The molecule has 1 aliphatic rings. The first-order valence-corrected chi connectivity index (χ1v) is 11.2. The van der Waals surface area contributed by atoms with Crippen molar-refractivity contribution in [3.8, 4) is 11.5 Å². The molecule has 0 radical (unpaired) electrons. The third-order valence-electron chi connectivity index (χ3n) is 5.32. The van der Waals surface area contributed by atoms with Crippen molar-refractivity contribution in [2.24, 2.45) is 0 Å². The third-order valence-corrected chi connectivity index (χ3v) is 5.56. The van der Waals surface area contributed by atoms with Gasteiger partial charge in [-0.15, -0.1) is 0 Å². The Balaban J connectivity index is 1.50. The Morgan fingerprint density at radius 2 is 1.88 bits per heavy atom. The predicted octanol–water partition coefficient (Wildman–Crippen LogP) is 3.76. The lowest BCUT2D eigenvalue weighted by molar-refractivity contribution is -0.385. The number of rotatable bonds is 9. The summed E-state index contributed by atoms with van der Waals surface area (Å²) in [5.41, 5.74) is 0.229. The Morgan fingerprint density at radius 3 is 2.52 bits per heavy atom. The van der Waals surface area contributed by atoms with Crippen molar-refractivity contribution in [3.63, 3.8) is 0 Å². The third kappa shape index (κ3) is 7.16. The lowest BCUT2D eigenvalue weighted by atomic mass is 10.0. The molecule has 1 saturated heterocycles. The monoisotopic (exact) mass is 474 g/mol. The number of nitrogens with one attached hydrogen (secondary N) is 2. The zero-order valence-electron chi connectivity index (χ0n) is 18.4. The SMILES string of the molecule is CCCNC(=O)CN1CCC(NC(=O)c2ccc(Oc3ccc(Cl)cc3[N+](=O)[O-])cc2)CC1. The summed E-state index contributed by atoms with van der Waals surface area (Å²) in [6.45, 7) is 4.58. The fourth-order valence-corrected chi connectivity index (χ4v) is 3.71. The summed E-state index contributed by atoms with van der Waals surface area (Å²) >= 11 is 5.82. The van der Waals surface area contributed by atoms with Crippen molar-refractivity contribution in [1.82, 2.24) is 15.5 Å². The topological polar surface area (TPSA) is 114 Å². The van der Waals surface area contributed by atoms with Crippen molar-refractivity contribution < 1.29 is 19.2 Å². The average Bonchev–Trinajstić information content (AvgIpc) is 2.80. The summed E-state index contributed by atoms with van der Waals surface area (Å²) in [4.78, 5) is 37.2. The molecule has 0 spiro atoms.